The largest absolute Gasteiger partial charge is 0.361 e. The molecule has 1 N–H and O–H groups in total. The van der Waals surface area contributed by atoms with Crippen LogP contribution in [-0.2, 0) is 0 Å². The average Bonchev–Trinajstić information content (AvgIpc) is 2.39. The van der Waals surface area contributed by atoms with E-state index in [4.69, 9.17) is 11.6 Å². The lowest BCUT2D eigenvalue weighted by molar-refractivity contribution is 0.751. The van der Waals surface area contributed by atoms with Crippen LogP contribution in [0, 0.1) is 0 Å². The first kappa shape index (κ1) is 12.3. The minimum Gasteiger partial charge on any atom is -0.361 e. The van der Waals surface area contributed by atoms with Crippen LogP contribution in [0.2, 0.25) is 0 Å². The van der Waals surface area contributed by atoms with Crippen molar-refractivity contribution in [2.45, 2.75) is 32.6 Å². The zero-order valence-corrected chi connectivity index (χ0v) is 10.9. The first-order chi connectivity index (χ1) is 8.31. The Morgan fingerprint density at radius 2 is 2.00 bits per heavy atom. The summed E-state index contributed by atoms with van der Waals surface area (Å²) >= 11 is 6.39. The number of nitrogens with one attached hydrogen (secondary N) is 1. The van der Waals surface area contributed by atoms with E-state index in [0.29, 0.717) is 0 Å². The Kier molecular flexibility index (Phi) is 4.27. The van der Waals surface area contributed by atoms with Gasteiger partial charge in [-0.3, -0.25) is 0 Å². The van der Waals surface area contributed by atoms with Gasteiger partial charge in [-0.05, 0) is 43.4 Å². The number of hydrogen-bond acceptors (Lipinski definition) is 1. The maximum atomic E-state index is 6.39. The predicted octanol–water partition coefficient (Wildman–Crippen LogP) is 5.07. The monoisotopic (exact) mass is 247 g/mol. The molecular formula is C15H18ClN. The summed E-state index contributed by atoms with van der Waals surface area (Å²) in [7, 11) is 0. The van der Waals surface area contributed by atoms with Crippen LogP contribution in [0.3, 0.4) is 0 Å². The third kappa shape index (κ3) is 3.13. The van der Waals surface area contributed by atoms with Gasteiger partial charge in [-0.25, -0.2) is 0 Å². The highest BCUT2D eigenvalue weighted by Gasteiger charge is 2.14. The summed E-state index contributed by atoms with van der Waals surface area (Å²) in [4.78, 5) is 0. The number of hydrogen-bond donors (Lipinski definition) is 1. The van der Waals surface area contributed by atoms with Crippen molar-refractivity contribution < 1.29 is 0 Å². The standard InChI is InChI=1S/C15H18ClN/c1-2-12-7-6-8-13(15(12)16)11-17-14-9-4-3-5-10-14/h3-5,9-11,17H,2,6-8H2,1H3/b13-11+. The van der Waals surface area contributed by atoms with Crippen molar-refractivity contribution in [1.82, 2.24) is 0 Å². The maximum absolute atomic E-state index is 6.39. The minimum atomic E-state index is 0.974. The molecule has 1 nitrogen and oxygen atoms in total. The van der Waals surface area contributed by atoms with Gasteiger partial charge < -0.3 is 5.32 Å². The normalized spacial score (nSPS) is 18.6. The second kappa shape index (κ2) is 5.92. The van der Waals surface area contributed by atoms with Gasteiger partial charge >= 0.3 is 0 Å². The van der Waals surface area contributed by atoms with Crippen molar-refractivity contribution in [2.75, 3.05) is 5.32 Å². The Morgan fingerprint density at radius 1 is 1.24 bits per heavy atom. The zero-order valence-electron chi connectivity index (χ0n) is 10.2. The molecule has 0 bridgehead atoms. The number of halogens is 1. The fourth-order valence-corrected chi connectivity index (χ4v) is 2.49. The van der Waals surface area contributed by atoms with Crippen molar-refractivity contribution in [2.24, 2.45) is 0 Å². The van der Waals surface area contributed by atoms with Gasteiger partial charge in [0.1, 0.15) is 0 Å². The van der Waals surface area contributed by atoms with E-state index >= 15 is 0 Å². The lowest BCUT2D eigenvalue weighted by atomic mass is 9.94. The van der Waals surface area contributed by atoms with E-state index in [2.05, 4.69) is 24.4 Å². The van der Waals surface area contributed by atoms with Crippen LogP contribution in [0.5, 0.6) is 0 Å². The number of benzene rings is 1. The SMILES string of the molecule is CCC1=C(Cl)/C(=C/Nc2ccccc2)CCC1. The molecule has 0 atom stereocenters. The summed E-state index contributed by atoms with van der Waals surface area (Å²) in [6, 6.07) is 10.2. The molecule has 0 aliphatic heterocycles. The molecule has 1 aliphatic carbocycles. The van der Waals surface area contributed by atoms with E-state index in [9.17, 15) is 0 Å². The summed E-state index contributed by atoms with van der Waals surface area (Å²) in [6.07, 6.45) is 6.54. The first-order valence-electron chi connectivity index (χ1n) is 6.19. The van der Waals surface area contributed by atoms with Gasteiger partial charge in [0.2, 0.25) is 0 Å². The molecule has 0 saturated heterocycles. The summed E-state index contributed by atoms with van der Waals surface area (Å²) in [6.45, 7) is 2.17. The van der Waals surface area contributed by atoms with E-state index in [-0.39, 0.29) is 0 Å². The van der Waals surface area contributed by atoms with Gasteiger partial charge in [-0.15, -0.1) is 0 Å². The van der Waals surface area contributed by atoms with E-state index in [1.54, 1.807) is 0 Å². The fraction of sp³-hybridized carbons (Fsp3) is 0.333. The highest BCUT2D eigenvalue weighted by molar-refractivity contribution is 6.32. The molecule has 0 radical (unpaired) electrons. The molecule has 17 heavy (non-hydrogen) atoms. The fourth-order valence-electron chi connectivity index (χ4n) is 2.11. The van der Waals surface area contributed by atoms with Gasteiger partial charge in [0.15, 0.2) is 0 Å². The van der Waals surface area contributed by atoms with Gasteiger partial charge in [0, 0.05) is 16.9 Å². The van der Waals surface area contributed by atoms with Crippen molar-refractivity contribution in [3.8, 4) is 0 Å². The van der Waals surface area contributed by atoms with Crippen LogP contribution >= 0.6 is 11.6 Å². The number of allylic oxidation sites excluding steroid dienone is 3. The predicted molar refractivity (Wildman–Crippen MR) is 75.2 cm³/mol. The van der Waals surface area contributed by atoms with E-state index < -0.39 is 0 Å². The molecule has 0 aromatic heterocycles. The van der Waals surface area contributed by atoms with E-state index in [1.807, 2.05) is 24.4 Å². The van der Waals surface area contributed by atoms with Crippen molar-refractivity contribution >= 4 is 17.3 Å². The van der Waals surface area contributed by atoms with E-state index in [1.165, 1.54) is 17.6 Å². The third-order valence-electron chi connectivity index (χ3n) is 3.13. The summed E-state index contributed by atoms with van der Waals surface area (Å²) in [5, 5.41) is 4.28. The van der Waals surface area contributed by atoms with Gasteiger partial charge in [-0.1, -0.05) is 42.3 Å². The van der Waals surface area contributed by atoms with Crippen molar-refractivity contribution in [3.63, 3.8) is 0 Å². The molecule has 0 saturated carbocycles. The second-order valence-electron chi connectivity index (χ2n) is 4.30. The minimum absolute atomic E-state index is 0.974. The van der Waals surface area contributed by atoms with Crippen molar-refractivity contribution in [1.29, 1.82) is 0 Å². The molecular weight excluding hydrogens is 230 g/mol. The topological polar surface area (TPSA) is 12.0 Å². The smallest absolute Gasteiger partial charge is 0.0444 e. The molecule has 2 rings (SSSR count). The highest BCUT2D eigenvalue weighted by atomic mass is 35.5. The molecule has 0 spiro atoms. The highest BCUT2D eigenvalue weighted by Crippen LogP contribution is 2.33. The molecule has 1 aromatic rings. The lowest BCUT2D eigenvalue weighted by Crippen LogP contribution is -2.01. The van der Waals surface area contributed by atoms with Gasteiger partial charge in [0.05, 0.1) is 0 Å². The summed E-state index contributed by atoms with van der Waals surface area (Å²) < 4.78 is 0. The second-order valence-corrected chi connectivity index (χ2v) is 4.68. The van der Waals surface area contributed by atoms with Crippen LogP contribution in [0.25, 0.3) is 0 Å². The van der Waals surface area contributed by atoms with Crippen LogP contribution in [0.1, 0.15) is 32.6 Å². The van der Waals surface area contributed by atoms with Crippen LogP contribution < -0.4 is 5.32 Å². The Labute approximate surface area is 108 Å². The van der Waals surface area contributed by atoms with Crippen LogP contribution in [0.15, 0.2) is 52.7 Å². The Hall–Kier alpha value is -1.21. The van der Waals surface area contributed by atoms with Crippen molar-refractivity contribution in [3.05, 3.63) is 52.7 Å². The molecule has 1 aromatic carbocycles. The van der Waals surface area contributed by atoms with E-state index in [0.717, 1.165) is 30.0 Å². The van der Waals surface area contributed by atoms with Gasteiger partial charge in [-0.2, -0.15) is 0 Å². The number of rotatable bonds is 3. The first-order valence-corrected chi connectivity index (χ1v) is 6.57. The molecule has 0 fully saturated rings. The van der Waals surface area contributed by atoms with Crippen LogP contribution in [-0.4, -0.2) is 0 Å². The molecule has 2 heteroatoms. The molecule has 0 heterocycles. The Morgan fingerprint density at radius 3 is 2.71 bits per heavy atom. The van der Waals surface area contributed by atoms with Gasteiger partial charge in [0.25, 0.3) is 0 Å². The molecule has 90 valence electrons. The quantitative estimate of drug-likeness (QED) is 0.786. The lowest BCUT2D eigenvalue weighted by Gasteiger charge is -2.18. The zero-order chi connectivity index (χ0) is 12.1. The Bertz CT molecular complexity index is 431. The molecule has 0 amide bonds. The Balaban J connectivity index is 2.12. The molecule has 1 aliphatic rings. The number of para-hydroxylation sites is 1. The third-order valence-corrected chi connectivity index (χ3v) is 3.64. The number of anilines is 1. The maximum Gasteiger partial charge on any atom is 0.0444 e. The summed E-state index contributed by atoms with van der Waals surface area (Å²) in [5.41, 5.74) is 3.73. The van der Waals surface area contributed by atoms with Crippen LogP contribution in [0.4, 0.5) is 5.69 Å². The average molecular weight is 248 g/mol. The molecule has 0 unspecified atom stereocenters. The summed E-state index contributed by atoms with van der Waals surface area (Å²) in [5.74, 6) is 0.